The predicted molar refractivity (Wildman–Crippen MR) is 106 cm³/mol. The van der Waals surface area contributed by atoms with E-state index in [4.69, 9.17) is 24.9 Å². The highest BCUT2D eigenvalue weighted by Crippen LogP contribution is 2.39. The summed E-state index contributed by atoms with van der Waals surface area (Å²) in [5, 5.41) is 1.84. The van der Waals surface area contributed by atoms with Gasteiger partial charge in [0.05, 0.1) is 46.3 Å². The number of rotatable bonds is 7. The Kier molecular flexibility index (Phi) is 5.25. The van der Waals surface area contributed by atoms with Gasteiger partial charge in [0.2, 0.25) is 5.91 Å². The monoisotopic (exact) mass is 399 g/mol. The summed E-state index contributed by atoms with van der Waals surface area (Å²) < 4.78 is 16.7. The van der Waals surface area contributed by atoms with Crippen LogP contribution in [-0.2, 0) is 14.3 Å². The first-order valence-corrected chi connectivity index (χ1v) is 9.78. The Morgan fingerprint density at radius 1 is 1.36 bits per heavy atom. The van der Waals surface area contributed by atoms with Gasteiger partial charge in [0.15, 0.2) is 0 Å². The number of methoxy groups -OCH3 is 1. The van der Waals surface area contributed by atoms with Gasteiger partial charge in [-0.25, -0.2) is 9.97 Å². The molecule has 2 N–H and O–H groups in total. The minimum atomic E-state index is -0.345. The molecule has 3 heterocycles. The molecule has 2 unspecified atom stereocenters. The fourth-order valence-electron chi connectivity index (χ4n) is 3.20. The largest absolute Gasteiger partial charge is 0.490 e. The van der Waals surface area contributed by atoms with Gasteiger partial charge in [-0.1, -0.05) is 6.07 Å². The lowest BCUT2D eigenvalue weighted by Crippen LogP contribution is -2.42. The number of pyridine rings is 1. The number of aromatic nitrogens is 2. The summed E-state index contributed by atoms with van der Waals surface area (Å²) in [6, 6.07) is 7.73. The number of hydrogen-bond donors (Lipinski definition) is 1. The van der Waals surface area contributed by atoms with Crippen molar-refractivity contribution in [3.05, 3.63) is 41.0 Å². The molecule has 0 spiro atoms. The Labute approximate surface area is 166 Å². The average Bonchev–Trinajstić information content (AvgIpc) is 3.07. The van der Waals surface area contributed by atoms with Gasteiger partial charge in [-0.05, 0) is 24.6 Å². The van der Waals surface area contributed by atoms with Crippen LogP contribution in [0.15, 0.2) is 30.5 Å². The molecule has 2 atom stereocenters. The van der Waals surface area contributed by atoms with Gasteiger partial charge < -0.3 is 19.9 Å². The number of aryl methyl sites for hydroxylation is 1. The third-order valence-corrected chi connectivity index (χ3v) is 5.66. The number of thiazole rings is 1. The van der Waals surface area contributed by atoms with E-state index in [9.17, 15) is 4.79 Å². The van der Waals surface area contributed by atoms with Crippen LogP contribution in [0.3, 0.4) is 0 Å². The van der Waals surface area contributed by atoms with Gasteiger partial charge in [-0.15, -0.1) is 11.3 Å². The Bertz CT molecular complexity index is 1020. The van der Waals surface area contributed by atoms with Gasteiger partial charge in [-0.2, -0.15) is 0 Å². The molecule has 1 aliphatic heterocycles. The van der Waals surface area contributed by atoms with E-state index in [0.29, 0.717) is 25.6 Å². The SMILES string of the molecule is COCCOc1cc(-c2cnc(C)s2)nc2ccc(C3OCC3C(N)=O)cc12. The lowest BCUT2D eigenvalue weighted by atomic mass is 9.90. The summed E-state index contributed by atoms with van der Waals surface area (Å²) in [7, 11) is 1.63. The molecule has 146 valence electrons. The summed E-state index contributed by atoms with van der Waals surface area (Å²) in [5.41, 5.74) is 7.97. The lowest BCUT2D eigenvalue weighted by Gasteiger charge is -2.35. The highest BCUT2D eigenvalue weighted by molar-refractivity contribution is 7.15. The summed E-state index contributed by atoms with van der Waals surface area (Å²) >= 11 is 1.59. The average molecular weight is 399 g/mol. The molecule has 0 radical (unpaired) electrons. The van der Waals surface area contributed by atoms with Crippen molar-refractivity contribution in [1.82, 2.24) is 9.97 Å². The number of amides is 1. The van der Waals surface area contributed by atoms with Crippen LogP contribution in [0, 0.1) is 12.8 Å². The molecule has 0 saturated carbocycles. The van der Waals surface area contributed by atoms with Crippen molar-refractivity contribution >= 4 is 28.1 Å². The van der Waals surface area contributed by atoms with E-state index in [1.807, 2.05) is 37.4 Å². The molecule has 1 amide bonds. The first kappa shape index (κ1) is 18.8. The first-order chi connectivity index (χ1) is 13.6. The number of fused-ring (bicyclic) bond motifs is 1. The summed E-state index contributed by atoms with van der Waals surface area (Å²) in [6.45, 7) is 3.22. The number of carbonyl (C=O) groups is 1. The Balaban J connectivity index is 1.76. The molecular weight excluding hydrogens is 378 g/mol. The smallest absolute Gasteiger partial charge is 0.225 e. The molecule has 7 nitrogen and oxygen atoms in total. The van der Waals surface area contributed by atoms with Crippen LogP contribution < -0.4 is 10.5 Å². The number of nitrogens with zero attached hydrogens (tertiary/aromatic N) is 2. The van der Waals surface area contributed by atoms with Crippen LogP contribution in [0.25, 0.3) is 21.5 Å². The van der Waals surface area contributed by atoms with Crippen molar-refractivity contribution in [2.75, 3.05) is 26.9 Å². The van der Waals surface area contributed by atoms with Crippen molar-refractivity contribution < 1.29 is 19.0 Å². The maximum Gasteiger partial charge on any atom is 0.225 e. The third kappa shape index (κ3) is 3.58. The van der Waals surface area contributed by atoms with E-state index >= 15 is 0 Å². The molecule has 8 heteroatoms. The summed E-state index contributed by atoms with van der Waals surface area (Å²) in [4.78, 5) is 21.6. The maximum absolute atomic E-state index is 11.6. The van der Waals surface area contributed by atoms with E-state index in [1.165, 1.54) is 0 Å². The fourth-order valence-corrected chi connectivity index (χ4v) is 3.94. The van der Waals surface area contributed by atoms with Crippen molar-refractivity contribution in [2.45, 2.75) is 13.0 Å². The topological polar surface area (TPSA) is 96.6 Å². The van der Waals surface area contributed by atoms with Crippen LogP contribution in [0.1, 0.15) is 16.7 Å². The Hall–Kier alpha value is -2.55. The molecule has 0 bridgehead atoms. The number of hydrogen-bond acceptors (Lipinski definition) is 7. The standard InChI is InChI=1S/C20H21N3O4S/c1-11-22-9-18(28-11)16-8-17(26-6-5-25-2)13-7-12(3-4-15(13)23-16)19-14(10-27-19)20(21)24/h3-4,7-9,14,19H,5-6,10H2,1-2H3,(H2,21,24). The molecule has 1 aliphatic rings. The summed E-state index contributed by atoms with van der Waals surface area (Å²) in [6.07, 6.45) is 1.50. The van der Waals surface area contributed by atoms with Crippen molar-refractivity contribution in [2.24, 2.45) is 11.7 Å². The molecule has 1 saturated heterocycles. The zero-order valence-corrected chi connectivity index (χ0v) is 16.5. The number of nitrogens with two attached hydrogens (primary N) is 1. The lowest BCUT2D eigenvalue weighted by molar-refractivity contribution is -0.154. The predicted octanol–water partition coefficient (Wildman–Crippen LogP) is 2.86. The molecule has 2 aromatic heterocycles. The Morgan fingerprint density at radius 2 is 2.21 bits per heavy atom. The zero-order chi connectivity index (χ0) is 19.7. The van der Waals surface area contributed by atoms with E-state index in [-0.39, 0.29) is 17.9 Å². The van der Waals surface area contributed by atoms with Gasteiger partial charge in [0.1, 0.15) is 12.4 Å². The maximum atomic E-state index is 11.6. The second-order valence-electron chi connectivity index (χ2n) is 6.63. The van der Waals surface area contributed by atoms with Crippen LogP contribution in [0.4, 0.5) is 0 Å². The van der Waals surface area contributed by atoms with Crippen molar-refractivity contribution in [3.8, 4) is 16.3 Å². The summed E-state index contributed by atoms with van der Waals surface area (Å²) in [5.74, 6) is 0.0598. The Morgan fingerprint density at radius 3 is 2.86 bits per heavy atom. The quantitative estimate of drug-likeness (QED) is 0.614. The molecule has 3 aromatic rings. The molecule has 1 aromatic carbocycles. The number of primary amides is 1. The second kappa shape index (κ2) is 7.83. The minimum absolute atomic E-state index is 0.303. The van der Waals surface area contributed by atoms with Crippen LogP contribution >= 0.6 is 11.3 Å². The van der Waals surface area contributed by atoms with E-state index in [0.717, 1.165) is 32.0 Å². The van der Waals surface area contributed by atoms with Crippen LogP contribution in [0.2, 0.25) is 0 Å². The fraction of sp³-hybridized carbons (Fsp3) is 0.350. The van der Waals surface area contributed by atoms with Gasteiger partial charge >= 0.3 is 0 Å². The molecule has 1 fully saturated rings. The molecule has 28 heavy (non-hydrogen) atoms. The second-order valence-corrected chi connectivity index (χ2v) is 7.86. The number of benzene rings is 1. The van der Waals surface area contributed by atoms with E-state index < -0.39 is 0 Å². The zero-order valence-electron chi connectivity index (χ0n) is 15.7. The molecular formula is C20H21N3O4S. The van der Waals surface area contributed by atoms with Gasteiger partial charge in [0.25, 0.3) is 0 Å². The molecule has 0 aliphatic carbocycles. The van der Waals surface area contributed by atoms with Gasteiger partial charge in [0, 0.05) is 24.8 Å². The minimum Gasteiger partial charge on any atom is -0.490 e. The molecule has 4 rings (SSSR count). The number of ether oxygens (including phenoxy) is 3. The normalized spacial score (nSPS) is 18.8. The first-order valence-electron chi connectivity index (χ1n) is 8.97. The van der Waals surface area contributed by atoms with Gasteiger partial charge in [-0.3, -0.25) is 4.79 Å². The highest BCUT2D eigenvalue weighted by Gasteiger charge is 2.37. The van der Waals surface area contributed by atoms with E-state index in [2.05, 4.69) is 4.98 Å². The third-order valence-electron chi connectivity index (χ3n) is 4.73. The van der Waals surface area contributed by atoms with Crippen LogP contribution in [-0.4, -0.2) is 42.8 Å². The van der Waals surface area contributed by atoms with Crippen molar-refractivity contribution in [1.29, 1.82) is 0 Å². The highest BCUT2D eigenvalue weighted by atomic mass is 32.1. The van der Waals surface area contributed by atoms with E-state index in [1.54, 1.807) is 18.4 Å². The van der Waals surface area contributed by atoms with Crippen LogP contribution in [0.5, 0.6) is 5.75 Å². The number of carbonyl (C=O) groups excluding carboxylic acids is 1. The van der Waals surface area contributed by atoms with Crippen molar-refractivity contribution in [3.63, 3.8) is 0 Å².